The normalized spacial score (nSPS) is 13.2. The van der Waals surface area contributed by atoms with Gasteiger partial charge in [0, 0.05) is 24.2 Å². The molecule has 144 valence electrons. The Bertz CT molecular complexity index is 772. The highest BCUT2D eigenvalue weighted by Crippen LogP contribution is 2.32. The van der Waals surface area contributed by atoms with Crippen LogP contribution in [-0.2, 0) is 10.4 Å². The largest absolute Gasteiger partial charge is 0.372 e. The van der Waals surface area contributed by atoms with Crippen LogP contribution in [0.25, 0.3) is 0 Å². The second kappa shape index (κ2) is 9.44. The molecule has 0 saturated heterocycles. The van der Waals surface area contributed by atoms with E-state index in [1.54, 1.807) is 48.5 Å². The average molecular weight is 368 g/mol. The Morgan fingerprint density at radius 2 is 1.59 bits per heavy atom. The zero-order valence-corrected chi connectivity index (χ0v) is 16.2. The Balaban J connectivity index is 2.41. The summed E-state index contributed by atoms with van der Waals surface area (Å²) in [5, 5.41) is 14.4. The molecule has 0 radical (unpaired) electrons. The molecule has 5 nitrogen and oxygen atoms in total. The van der Waals surface area contributed by atoms with Gasteiger partial charge in [-0.2, -0.15) is 0 Å². The fourth-order valence-corrected chi connectivity index (χ4v) is 3.19. The van der Waals surface area contributed by atoms with Gasteiger partial charge >= 0.3 is 0 Å². The predicted molar refractivity (Wildman–Crippen MR) is 107 cm³/mol. The van der Waals surface area contributed by atoms with Gasteiger partial charge in [-0.3, -0.25) is 9.59 Å². The van der Waals surface area contributed by atoms with Gasteiger partial charge in [0.25, 0.3) is 5.91 Å². The molecule has 0 aromatic heterocycles. The summed E-state index contributed by atoms with van der Waals surface area (Å²) in [6, 6.07) is 15.5. The van der Waals surface area contributed by atoms with E-state index in [9.17, 15) is 14.7 Å². The van der Waals surface area contributed by atoms with Gasteiger partial charge < -0.3 is 15.3 Å². The molecule has 0 aliphatic rings. The molecule has 0 saturated carbocycles. The molecule has 2 aromatic rings. The summed E-state index contributed by atoms with van der Waals surface area (Å²) in [5.74, 6) is -0.731. The molecule has 1 unspecified atom stereocenters. The number of ketones is 1. The van der Waals surface area contributed by atoms with Crippen LogP contribution in [0.3, 0.4) is 0 Å². The highest BCUT2D eigenvalue weighted by molar-refractivity contribution is 5.99. The molecule has 2 rings (SSSR count). The maximum Gasteiger partial charge on any atom is 0.261 e. The quantitative estimate of drug-likeness (QED) is 0.668. The fourth-order valence-electron chi connectivity index (χ4n) is 3.19. The number of amides is 1. The second-order valence-electron chi connectivity index (χ2n) is 6.46. The van der Waals surface area contributed by atoms with Crippen molar-refractivity contribution < 1.29 is 14.7 Å². The lowest BCUT2D eigenvalue weighted by Gasteiger charge is -2.30. The molecular formula is C22H28N2O3. The van der Waals surface area contributed by atoms with Crippen LogP contribution in [0.4, 0.5) is 0 Å². The van der Waals surface area contributed by atoms with Crippen LogP contribution in [0.2, 0.25) is 0 Å². The lowest BCUT2D eigenvalue weighted by Crippen LogP contribution is -2.48. The SMILES string of the molecule is CCN(CC)CCNC(=O)C(O)(c1ccccc1)c1ccccc1C(C)=O. The lowest BCUT2D eigenvalue weighted by atomic mass is 9.82. The fraction of sp³-hybridized carbons (Fsp3) is 0.364. The summed E-state index contributed by atoms with van der Waals surface area (Å²) in [5.41, 5.74) is -0.877. The topological polar surface area (TPSA) is 69.6 Å². The summed E-state index contributed by atoms with van der Waals surface area (Å²) in [7, 11) is 0. The van der Waals surface area contributed by atoms with E-state index in [0.29, 0.717) is 29.8 Å². The van der Waals surface area contributed by atoms with E-state index in [-0.39, 0.29) is 5.78 Å². The van der Waals surface area contributed by atoms with Crippen LogP contribution in [0.15, 0.2) is 54.6 Å². The van der Waals surface area contributed by atoms with Crippen LogP contribution in [-0.4, -0.2) is 47.9 Å². The molecule has 0 aliphatic carbocycles. The Morgan fingerprint density at radius 1 is 1.00 bits per heavy atom. The molecule has 5 heteroatoms. The zero-order valence-electron chi connectivity index (χ0n) is 16.2. The summed E-state index contributed by atoms with van der Waals surface area (Å²) < 4.78 is 0. The van der Waals surface area contributed by atoms with Gasteiger partial charge in [-0.1, -0.05) is 68.4 Å². The van der Waals surface area contributed by atoms with Crippen molar-refractivity contribution in [2.24, 2.45) is 0 Å². The third-order valence-corrected chi connectivity index (χ3v) is 4.82. The Labute approximate surface area is 161 Å². The monoisotopic (exact) mass is 368 g/mol. The van der Waals surface area contributed by atoms with E-state index in [1.807, 2.05) is 6.07 Å². The first-order valence-corrected chi connectivity index (χ1v) is 9.34. The highest BCUT2D eigenvalue weighted by atomic mass is 16.3. The van der Waals surface area contributed by atoms with Gasteiger partial charge in [0.2, 0.25) is 0 Å². The van der Waals surface area contributed by atoms with Crippen molar-refractivity contribution in [3.63, 3.8) is 0 Å². The molecule has 0 heterocycles. The average Bonchev–Trinajstić information content (AvgIpc) is 2.71. The van der Waals surface area contributed by atoms with Crippen molar-refractivity contribution in [1.29, 1.82) is 0 Å². The van der Waals surface area contributed by atoms with E-state index < -0.39 is 11.5 Å². The van der Waals surface area contributed by atoms with E-state index in [0.717, 1.165) is 13.1 Å². The third-order valence-electron chi connectivity index (χ3n) is 4.82. The van der Waals surface area contributed by atoms with Gasteiger partial charge in [-0.25, -0.2) is 0 Å². The number of Topliss-reactive ketones (excluding diaryl/α,β-unsaturated/α-hetero) is 1. The van der Waals surface area contributed by atoms with Gasteiger partial charge in [-0.15, -0.1) is 0 Å². The smallest absolute Gasteiger partial charge is 0.261 e. The Kier molecular flexibility index (Phi) is 7.28. The first-order chi connectivity index (χ1) is 12.9. The first-order valence-electron chi connectivity index (χ1n) is 9.34. The van der Waals surface area contributed by atoms with E-state index in [1.165, 1.54) is 6.92 Å². The van der Waals surface area contributed by atoms with Crippen LogP contribution in [0.1, 0.15) is 42.3 Å². The molecule has 0 bridgehead atoms. The number of aliphatic hydroxyl groups is 1. The zero-order chi connectivity index (χ0) is 19.9. The number of hydrogen-bond donors (Lipinski definition) is 2. The van der Waals surface area contributed by atoms with Crippen molar-refractivity contribution >= 4 is 11.7 Å². The molecule has 2 N–H and O–H groups in total. The summed E-state index contributed by atoms with van der Waals surface area (Å²) >= 11 is 0. The van der Waals surface area contributed by atoms with Crippen LogP contribution >= 0.6 is 0 Å². The van der Waals surface area contributed by atoms with Gasteiger partial charge in [0.05, 0.1) is 0 Å². The number of nitrogens with zero attached hydrogens (tertiary/aromatic N) is 1. The second-order valence-corrected chi connectivity index (χ2v) is 6.46. The van der Waals surface area contributed by atoms with Crippen molar-refractivity contribution in [2.75, 3.05) is 26.2 Å². The first kappa shape index (κ1) is 20.8. The maximum absolute atomic E-state index is 13.1. The van der Waals surface area contributed by atoms with Crippen LogP contribution < -0.4 is 5.32 Å². The van der Waals surface area contributed by atoms with Crippen molar-refractivity contribution in [3.05, 3.63) is 71.3 Å². The molecule has 1 atom stereocenters. The molecule has 0 fully saturated rings. The van der Waals surface area contributed by atoms with E-state index in [2.05, 4.69) is 24.1 Å². The number of hydrogen-bond acceptors (Lipinski definition) is 4. The summed E-state index contributed by atoms with van der Waals surface area (Å²) in [4.78, 5) is 27.4. The number of nitrogens with one attached hydrogen (secondary N) is 1. The molecule has 0 spiro atoms. The maximum atomic E-state index is 13.1. The van der Waals surface area contributed by atoms with Crippen molar-refractivity contribution in [3.8, 4) is 0 Å². The van der Waals surface area contributed by atoms with Gasteiger partial charge in [0.1, 0.15) is 0 Å². The minimum absolute atomic E-state index is 0.198. The minimum Gasteiger partial charge on any atom is -0.372 e. The summed E-state index contributed by atoms with van der Waals surface area (Å²) in [6.45, 7) is 8.45. The van der Waals surface area contributed by atoms with E-state index >= 15 is 0 Å². The van der Waals surface area contributed by atoms with Crippen LogP contribution in [0.5, 0.6) is 0 Å². The predicted octanol–water partition coefficient (Wildman–Crippen LogP) is 2.58. The Hall–Kier alpha value is -2.50. The lowest BCUT2D eigenvalue weighted by molar-refractivity contribution is -0.136. The molecule has 27 heavy (non-hydrogen) atoms. The molecule has 2 aromatic carbocycles. The van der Waals surface area contributed by atoms with Crippen LogP contribution in [0, 0.1) is 0 Å². The number of carbonyl (C=O) groups excluding carboxylic acids is 2. The number of rotatable bonds is 9. The van der Waals surface area contributed by atoms with Gasteiger partial charge in [-0.05, 0) is 25.6 Å². The van der Waals surface area contributed by atoms with E-state index in [4.69, 9.17) is 0 Å². The highest BCUT2D eigenvalue weighted by Gasteiger charge is 2.41. The molecule has 1 amide bonds. The number of likely N-dealkylation sites (N-methyl/N-ethyl adjacent to an activating group) is 1. The van der Waals surface area contributed by atoms with Crippen molar-refractivity contribution in [2.45, 2.75) is 26.4 Å². The number of benzene rings is 2. The molecular weight excluding hydrogens is 340 g/mol. The third kappa shape index (κ3) is 4.62. The standard InChI is InChI=1S/C22H28N2O3/c1-4-24(5-2)16-15-23-21(26)22(27,18-11-7-6-8-12-18)20-14-10-9-13-19(20)17(3)25/h6-14,27H,4-5,15-16H2,1-3H3,(H,23,26). The summed E-state index contributed by atoms with van der Waals surface area (Å²) in [6.07, 6.45) is 0. The Morgan fingerprint density at radius 3 is 2.19 bits per heavy atom. The molecule has 0 aliphatic heterocycles. The van der Waals surface area contributed by atoms with Crippen molar-refractivity contribution in [1.82, 2.24) is 10.2 Å². The number of carbonyl (C=O) groups is 2. The minimum atomic E-state index is -1.94. The van der Waals surface area contributed by atoms with Gasteiger partial charge in [0.15, 0.2) is 11.4 Å².